The number of carbonyl (C=O) groups is 1. The molecular weight excluding hydrogens is 238 g/mol. The Kier molecular flexibility index (Phi) is 8.54. The van der Waals surface area contributed by atoms with E-state index >= 15 is 0 Å². The first-order chi connectivity index (χ1) is 9.15. The second-order valence-electron chi connectivity index (χ2n) is 3.40. The van der Waals surface area contributed by atoms with E-state index in [4.69, 9.17) is 10.5 Å². The van der Waals surface area contributed by atoms with Crippen molar-refractivity contribution in [3.05, 3.63) is 72.5 Å². The first kappa shape index (κ1) is 16.7. The zero-order valence-corrected chi connectivity index (χ0v) is 11.6. The fraction of sp³-hybridized carbons (Fsp3) is 0.188. The lowest BCUT2D eigenvalue weighted by atomic mass is 10.2. The lowest BCUT2D eigenvalue weighted by Crippen LogP contribution is -2.13. The summed E-state index contributed by atoms with van der Waals surface area (Å²) in [7, 11) is 0. The van der Waals surface area contributed by atoms with Crippen molar-refractivity contribution in [3.63, 3.8) is 0 Å². The van der Waals surface area contributed by atoms with Gasteiger partial charge in [0.1, 0.15) is 6.61 Å². The van der Waals surface area contributed by atoms with Crippen LogP contribution in [0, 0.1) is 0 Å². The highest BCUT2D eigenvalue weighted by Gasteiger charge is 2.11. The molecule has 0 heterocycles. The first-order valence-corrected chi connectivity index (χ1v) is 6.13. The average Bonchev–Trinajstić information content (AvgIpc) is 2.45. The van der Waals surface area contributed by atoms with Crippen molar-refractivity contribution in [3.8, 4) is 0 Å². The maximum absolute atomic E-state index is 11.7. The number of nitrogens with two attached hydrogens (primary N) is 1. The van der Waals surface area contributed by atoms with Gasteiger partial charge in [0.15, 0.2) is 0 Å². The number of ether oxygens (including phenoxy) is 1. The summed E-state index contributed by atoms with van der Waals surface area (Å²) in [6.45, 7) is 11.2. The quantitative estimate of drug-likeness (QED) is 0.501. The Hall–Kier alpha value is -2.29. The SMILES string of the molecule is C=C/C=C(\C(=C)N)C(=O)OCc1ccccc1.CC. The summed E-state index contributed by atoms with van der Waals surface area (Å²) in [5.74, 6) is -0.499. The van der Waals surface area contributed by atoms with Crippen LogP contribution in [0.1, 0.15) is 19.4 Å². The van der Waals surface area contributed by atoms with E-state index in [-0.39, 0.29) is 17.9 Å². The minimum absolute atomic E-state index is 0.169. The number of benzene rings is 1. The van der Waals surface area contributed by atoms with Gasteiger partial charge in [-0.3, -0.25) is 0 Å². The van der Waals surface area contributed by atoms with Crippen LogP contribution in [0.3, 0.4) is 0 Å². The monoisotopic (exact) mass is 259 g/mol. The molecule has 19 heavy (non-hydrogen) atoms. The van der Waals surface area contributed by atoms with Crippen molar-refractivity contribution in [1.82, 2.24) is 0 Å². The third kappa shape index (κ3) is 6.27. The highest BCUT2D eigenvalue weighted by molar-refractivity contribution is 5.93. The molecule has 3 heteroatoms. The summed E-state index contributed by atoms with van der Waals surface area (Å²) in [4.78, 5) is 11.7. The van der Waals surface area contributed by atoms with Crippen LogP contribution in [0.2, 0.25) is 0 Å². The smallest absolute Gasteiger partial charge is 0.340 e. The van der Waals surface area contributed by atoms with E-state index in [0.29, 0.717) is 0 Å². The van der Waals surface area contributed by atoms with Gasteiger partial charge in [0.2, 0.25) is 0 Å². The molecule has 1 rings (SSSR count). The third-order valence-corrected chi connectivity index (χ3v) is 2.06. The molecule has 1 aromatic carbocycles. The van der Waals surface area contributed by atoms with Crippen molar-refractivity contribution in [1.29, 1.82) is 0 Å². The van der Waals surface area contributed by atoms with E-state index in [1.54, 1.807) is 0 Å². The van der Waals surface area contributed by atoms with Crippen LogP contribution in [-0.2, 0) is 16.1 Å². The normalized spacial score (nSPS) is 9.89. The molecular formula is C16H21NO2. The van der Waals surface area contributed by atoms with E-state index in [9.17, 15) is 4.79 Å². The molecule has 0 fully saturated rings. The van der Waals surface area contributed by atoms with E-state index < -0.39 is 5.97 Å². The molecule has 0 bridgehead atoms. The Morgan fingerprint density at radius 2 is 1.89 bits per heavy atom. The van der Waals surface area contributed by atoms with Crippen molar-refractivity contribution < 1.29 is 9.53 Å². The van der Waals surface area contributed by atoms with Gasteiger partial charge in [0.25, 0.3) is 0 Å². The van der Waals surface area contributed by atoms with Crippen LogP contribution >= 0.6 is 0 Å². The van der Waals surface area contributed by atoms with Crippen LogP contribution in [0.4, 0.5) is 0 Å². The standard InChI is InChI=1S/C14H15NO2.C2H6/c1-3-7-13(11(2)15)14(16)17-10-12-8-5-4-6-9-12;1-2/h3-9H,1-2,10,15H2;1-2H3/b13-7+;. The zero-order valence-electron chi connectivity index (χ0n) is 11.6. The molecule has 0 aliphatic rings. The molecule has 0 saturated carbocycles. The van der Waals surface area contributed by atoms with Crippen molar-refractivity contribution >= 4 is 5.97 Å². The van der Waals surface area contributed by atoms with Crippen LogP contribution < -0.4 is 5.73 Å². The van der Waals surface area contributed by atoms with Gasteiger partial charge in [-0.1, -0.05) is 63.4 Å². The largest absolute Gasteiger partial charge is 0.457 e. The van der Waals surface area contributed by atoms with Crippen LogP contribution in [0.15, 0.2) is 66.9 Å². The second kappa shape index (κ2) is 9.71. The lowest BCUT2D eigenvalue weighted by Gasteiger charge is -2.07. The predicted molar refractivity (Wildman–Crippen MR) is 79.2 cm³/mol. The minimum atomic E-state index is -0.499. The van der Waals surface area contributed by atoms with Gasteiger partial charge in [0.05, 0.1) is 5.57 Å². The maximum Gasteiger partial charge on any atom is 0.340 e. The number of carbonyl (C=O) groups excluding carboxylic acids is 1. The summed E-state index contributed by atoms with van der Waals surface area (Å²) in [5, 5.41) is 0. The Labute approximate surface area is 115 Å². The number of esters is 1. The van der Waals surface area contributed by atoms with Gasteiger partial charge in [-0.15, -0.1) is 0 Å². The molecule has 0 saturated heterocycles. The molecule has 0 aliphatic carbocycles. The van der Waals surface area contributed by atoms with Crippen molar-refractivity contribution in [2.24, 2.45) is 5.73 Å². The molecule has 0 radical (unpaired) electrons. The highest BCUT2D eigenvalue weighted by Crippen LogP contribution is 2.08. The Bertz CT molecular complexity index is 447. The Morgan fingerprint density at radius 3 is 2.37 bits per heavy atom. The minimum Gasteiger partial charge on any atom is -0.457 e. The van der Waals surface area contributed by atoms with Gasteiger partial charge < -0.3 is 10.5 Å². The third-order valence-electron chi connectivity index (χ3n) is 2.06. The summed E-state index contributed by atoms with van der Waals surface area (Å²) in [6, 6.07) is 9.41. The molecule has 0 unspecified atom stereocenters. The Morgan fingerprint density at radius 1 is 1.32 bits per heavy atom. The van der Waals surface area contributed by atoms with Crippen LogP contribution in [-0.4, -0.2) is 5.97 Å². The van der Waals surface area contributed by atoms with Gasteiger partial charge in [-0.05, 0) is 11.6 Å². The van der Waals surface area contributed by atoms with Gasteiger partial charge >= 0.3 is 5.97 Å². The summed E-state index contributed by atoms with van der Waals surface area (Å²) in [5.41, 5.74) is 6.80. The topological polar surface area (TPSA) is 52.3 Å². The second-order valence-corrected chi connectivity index (χ2v) is 3.40. The molecule has 3 nitrogen and oxygen atoms in total. The number of hydrogen-bond acceptors (Lipinski definition) is 3. The Balaban J connectivity index is 0.00000154. The zero-order chi connectivity index (χ0) is 14.7. The van der Waals surface area contributed by atoms with Gasteiger partial charge in [-0.2, -0.15) is 0 Å². The summed E-state index contributed by atoms with van der Waals surface area (Å²) < 4.78 is 5.11. The summed E-state index contributed by atoms with van der Waals surface area (Å²) in [6.07, 6.45) is 2.95. The molecule has 2 N–H and O–H groups in total. The fourth-order valence-electron chi connectivity index (χ4n) is 1.22. The maximum atomic E-state index is 11.7. The molecule has 0 aliphatic heterocycles. The number of allylic oxidation sites excluding steroid dienone is 2. The first-order valence-electron chi connectivity index (χ1n) is 6.13. The molecule has 102 valence electrons. The van der Waals surface area contributed by atoms with Crippen LogP contribution in [0.25, 0.3) is 0 Å². The molecule has 0 aromatic heterocycles. The predicted octanol–water partition coefficient (Wildman–Crippen LogP) is 3.34. The lowest BCUT2D eigenvalue weighted by molar-refractivity contribution is -0.140. The van der Waals surface area contributed by atoms with Crippen LogP contribution in [0.5, 0.6) is 0 Å². The fourth-order valence-corrected chi connectivity index (χ4v) is 1.22. The van der Waals surface area contributed by atoms with E-state index in [1.807, 2.05) is 44.2 Å². The molecule has 0 amide bonds. The number of rotatable bonds is 5. The number of hydrogen-bond donors (Lipinski definition) is 1. The molecule has 1 aromatic rings. The van der Waals surface area contributed by atoms with E-state index in [1.165, 1.54) is 12.2 Å². The summed E-state index contributed by atoms with van der Waals surface area (Å²) >= 11 is 0. The van der Waals surface area contributed by atoms with Crippen molar-refractivity contribution in [2.45, 2.75) is 20.5 Å². The average molecular weight is 259 g/mol. The highest BCUT2D eigenvalue weighted by atomic mass is 16.5. The van der Waals surface area contributed by atoms with Gasteiger partial charge in [-0.25, -0.2) is 4.79 Å². The van der Waals surface area contributed by atoms with Gasteiger partial charge in [0, 0.05) is 5.70 Å². The van der Waals surface area contributed by atoms with E-state index in [0.717, 1.165) is 5.56 Å². The van der Waals surface area contributed by atoms with Crippen molar-refractivity contribution in [2.75, 3.05) is 0 Å². The molecule has 0 atom stereocenters. The van der Waals surface area contributed by atoms with E-state index in [2.05, 4.69) is 13.2 Å². The molecule has 0 spiro atoms.